The molecule has 3 atom stereocenters. The Kier molecular flexibility index (Phi) is 13.6. The van der Waals surface area contributed by atoms with E-state index in [0.717, 1.165) is 32.3 Å². The van der Waals surface area contributed by atoms with Crippen molar-refractivity contribution in [2.24, 2.45) is 0 Å². The highest BCUT2D eigenvalue weighted by atomic mass is 16.7. The van der Waals surface area contributed by atoms with Crippen LogP contribution in [0.25, 0.3) is 0 Å². The Hall–Kier alpha value is -0.970. The van der Waals surface area contributed by atoms with Crippen molar-refractivity contribution in [2.45, 2.75) is 83.8 Å². The molecule has 9 heteroatoms. The first-order valence-corrected chi connectivity index (χ1v) is 12.5. The third-order valence-electron chi connectivity index (χ3n) is 5.47. The quantitative estimate of drug-likeness (QED) is 0.333. The zero-order valence-corrected chi connectivity index (χ0v) is 21.1. The summed E-state index contributed by atoms with van der Waals surface area (Å²) in [4.78, 5) is 14.2. The van der Waals surface area contributed by atoms with Crippen molar-refractivity contribution in [1.29, 1.82) is 0 Å². The smallest absolute Gasteiger partial charge is 0.410 e. The molecule has 2 rings (SSSR count). The van der Waals surface area contributed by atoms with Crippen LogP contribution in [0, 0.1) is 0 Å². The SMILES string of the molecule is CC[C@@H]1C[C@@H](OCCOCCOCCOCCOC2CCCCO2)CN1C(=O)OC(C)(C)C. The van der Waals surface area contributed by atoms with Gasteiger partial charge in [0.05, 0.1) is 65.5 Å². The molecule has 2 saturated heterocycles. The van der Waals surface area contributed by atoms with Crippen molar-refractivity contribution in [1.82, 2.24) is 4.90 Å². The predicted molar refractivity (Wildman–Crippen MR) is 123 cm³/mol. The van der Waals surface area contributed by atoms with Gasteiger partial charge in [-0.1, -0.05) is 6.92 Å². The zero-order valence-electron chi connectivity index (χ0n) is 21.1. The van der Waals surface area contributed by atoms with Gasteiger partial charge < -0.3 is 38.1 Å². The first-order valence-electron chi connectivity index (χ1n) is 12.5. The standard InChI is InChI=1S/C24H45NO8/c1-5-20-18-21(19-25(20)23(26)33-24(2,3)4)30-16-14-28-12-10-27-11-13-29-15-17-32-22-8-6-7-9-31-22/h20-22H,5-19H2,1-4H3/t20-,21-,22?/m1/s1. The maximum atomic E-state index is 12.4. The monoisotopic (exact) mass is 475 g/mol. The van der Waals surface area contributed by atoms with Crippen molar-refractivity contribution in [3.63, 3.8) is 0 Å². The lowest BCUT2D eigenvalue weighted by Crippen LogP contribution is -2.40. The van der Waals surface area contributed by atoms with Crippen LogP contribution in [0.5, 0.6) is 0 Å². The Morgan fingerprint density at radius 2 is 1.52 bits per heavy atom. The van der Waals surface area contributed by atoms with E-state index in [1.54, 1.807) is 4.90 Å². The maximum Gasteiger partial charge on any atom is 0.410 e. The summed E-state index contributed by atoms with van der Waals surface area (Å²) >= 11 is 0. The Morgan fingerprint density at radius 1 is 0.909 bits per heavy atom. The highest BCUT2D eigenvalue weighted by molar-refractivity contribution is 5.69. The van der Waals surface area contributed by atoms with Crippen LogP contribution in [0.2, 0.25) is 0 Å². The zero-order chi connectivity index (χ0) is 23.9. The predicted octanol–water partition coefficient (Wildman–Crippen LogP) is 3.38. The molecule has 2 aliphatic heterocycles. The topological polar surface area (TPSA) is 84.9 Å². The molecular formula is C24H45NO8. The molecule has 1 amide bonds. The molecule has 1 unspecified atom stereocenters. The van der Waals surface area contributed by atoms with Crippen molar-refractivity contribution < 1.29 is 38.0 Å². The van der Waals surface area contributed by atoms with Gasteiger partial charge in [-0.05, 0) is 52.9 Å². The van der Waals surface area contributed by atoms with Gasteiger partial charge in [0.15, 0.2) is 6.29 Å². The Bertz CT molecular complexity index is 521. The van der Waals surface area contributed by atoms with Crippen LogP contribution in [0.3, 0.4) is 0 Å². The van der Waals surface area contributed by atoms with Gasteiger partial charge in [0.2, 0.25) is 0 Å². The molecule has 2 aliphatic rings. The van der Waals surface area contributed by atoms with E-state index in [1.807, 2.05) is 20.8 Å². The van der Waals surface area contributed by atoms with Gasteiger partial charge in [0.25, 0.3) is 0 Å². The summed E-state index contributed by atoms with van der Waals surface area (Å²) in [5.74, 6) is 0. The summed E-state index contributed by atoms with van der Waals surface area (Å²) < 4.78 is 39.1. The largest absolute Gasteiger partial charge is 0.444 e. The molecule has 0 aromatic heterocycles. The maximum absolute atomic E-state index is 12.4. The number of rotatable bonds is 15. The number of nitrogens with zero attached hydrogens (tertiary/aromatic N) is 1. The summed E-state index contributed by atoms with van der Waals surface area (Å²) in [6.45, 7) is 13.3. The number of ether oxygens (including phenoxy) is 7. The summed E-state index contributed by atoms with van der Waals surface area (Å²) in [5.41, 5.74) is -0.491. The molecule has 0 aliphatic carbocycles. The second-order valence-corrected chi connectivity index (χ2v) is 9.43. The summed E-state index contributed by atoms with van der Waals surface area (Å²) in [5, 5.41) is 0. The number of carbonyl (C=O) groups is 1. The van der Waals surface area contributed by atoms with E-state index in [0.29, 0.717) is 59.4 Å². The summed E-state index contributed by atoms with van der Waals surface area (Å²) in [7, 11) is 0. The van der Waals surface area contributed by atoms with E-state index < -0.39 is 5.60 Å². The molecule has 0 bridgehead atoms. The fourth-order valence-corrected chi connectivity index (χ4v) is 3.82. The lowest BCUT2D eigenvalue weighted by Gasteiger charge is -2.27. The fourth-order valence-electron chi connectivity index (χ4n) is 3.82. The van der Waals surface area contributed by atoms with Crippen molar-refractivity contribution >= 4 is 6.09 Å². The van der Waals surface area contributed by atoms with E-state index in [1.165, 1.54) is 6.42 Å². The molecule has 33 heavy (non-hydrogen) atoms. The molecule has 0 saturated carbocycles. The summed E-state index contributed by atoms with van der Waals surface area (Å²) in [6.07, 6.45) is 4.68. The molecule has 0 aromatic carbocycles. The molecular weight excluding hydrogens is 430 g/mol. The molecule has 0 radical (unpaired) electrons. The first-order chi connectivity index (χ1) is 15.9. The Balaban J connectivity index is 1.39. The van der Waals surface area contributed by atoms with E-state index in [2.05, 4.69) is 6.92 Å². The third kappa shape index (κ3) is 12.3. The lowest BCUT2D eigenvalue weighted by molar-refractivity contribution is -0.169. The van der Waals surface area contributed by atoms with Crippen LogP contribution >= 0.6 is 0 Å². The number of hydrogen-bond donors (Lipinski definition) is 0. The highest BCUT2D eigenvalue weighted by Crippen LogP contribution is 2.25. The minimum absolute atomic E-state index is 0.0214. The molecule has 0 aromatic rings. The molecule has 0 N–H and O–H groups in total. The van der Waals surface area contributed by atoms with E-state index in [4.69, 9.17) is 33.2 Å². The van der Waals surface area contributed by atoms with Crippen LogP contribution < -0.4 is 0 Å². The van der Waals surface area contributed by atoms with Gasteiger partial charge in [-0.25, -0.2) is 4.79 Å². The molecule has 194 valence electrons. The fraction of sp³-hybridized carbons (Fsp3) is 0.958. The van der Waals surface area contributed by atoms with Crippen molar-refractivity contribution in [3.05, 3.63) is 0 Å². The average Bonchev–Trinajstić information content (AvgIpc) is 3.20. The summed E-state index contributed by atoms with van der Waals surface area (Å²) in [6, 6.07) is 0.161. The van der Waals surface area contributed by atoms with Crippen molar-refractivity contribution in [2.75, 3.05) is 66.0 Å². The van der Waals surface area contributed by atoms with Gasteiger partial charge in [0.1, 0.15) is 5.60 Å². The number of amides is 1. The lowest BCUT2D eigenvalue weighted by atomic mass is 10.1. The molecule has 9 nitrogen and oxygen atoms in total. The average molecular weight is 476 g/mol. The van der Waals surface area contributed by atoms with Gasteiger partial charge in [0, 0.05) is 12.6 Å². The normalized spacial score (nSPS) is 23.8. The van der Waals surface area contributed by atoms with Gasteiger partial charge in [-0.15, -0.1) is 0 Å². The van der Waals surface area contributed by atoms with Crippen LogP contribution in [-0.4, -0.2) is 101 Å². The molecule has 2 fully saturated rings. The van der Waals surface area contributed by atoms with E-state index in [-0.39, 0.29) is 24.5 Å². The van der Waals surface area contributed by atoms with Crippen molar-refractivity contribution in [3.8, 4) is 0 Å². The number of carbonyl (C=O) groups excluding carboxylic acids is 1. The van der Waals surface area contributed by atoms with Gasteiger partial charge in [-0.3, -0.25) is 0 Å². The highest BCUT2D eigenvalue weighted by Gasteiger charge is 2.36. The minimum atomic E-state index is -0.491. The second kappa shape index (κ2) is 15.8. The Labute approximate surface area is 199 Å². The number of likely N-dealkylation sites (tertiary alicyclic amines) is 1. The van der Waals surface area contributed by atoms with Crippen LogP contribution in [0.1, 0.15) is 59.8 Å². The third-order valence-corrected chi connectivity index (χ3v) is 5.47. The van der Waals surface area contributed by atoms with Crippen LogP contribution in [-0.2, 0) is 33.2 Å². The Morgan fingerprint density at radius 3 is 2.06 bits per heavy atom. The van der Waals surface area contributed by atoms with Crippen LogP contribution in [0.15, 0.2) is 0 Å². The first kappa shape index (κ1) is 28.3. The van der Waals surface area contributed by atoms with E-state index >= 15 is 0 Å². The van der Waals surface area contributed by atoms with Crippen LogP contribution in [0.4, 0.5) is 4.79 Å². The minimum Gasteiger partial charge on any atom is -0.444 e. The van der Waals surface area contributed by atoms with E-state index in [9.17, 15) is 4.79 Å². The molecule has 2 heterocycles. The molecule has 0 spiro atoms. The van der Waals surface area contributed by atoms with Gasteiger partial charge in [-0.2, -0.15) is 0 Å². The van der Waals surface area contributed by atoms with Gasteiger partial charge >= 0.3 is 6.09 Å². The number of hydrogen-bond acceptors (Lipinski definition) is 8. The second-order valence-electron chi connectivity index (χ2n) is 9.43.